The van der Waals surface area contributed by atoms with Crippen molar-refractivity contribution in [1.82, 2.24) is 9.47 Å². The van der Waals surface area contributed by atoms with E-state index in [0.29, 0.717) is 28.1 Å². The van der Waals surface area contributed by atoms with Crippen molar-refractivity contribution in [2.75, 3.05) is 20.8 Å². The van der Waals surface area contributed by atoms with Crippen LogP contribution in [0.4, 0.5) is 4.79 Å². The molecule has 21 heavy (non-hydrogen) atoms. The van der Waals surface area contributed by atoms with E-state index in [1.165, 1.54) is 24.9 Å². The van der Waals surface area contributed by atoms with Gasteiger partial charge in [-0.1, -0.05) is 6.08 Å². The molecule has 1 aliphatic heterocycles. The fourth-order valence-corrected chi connectivity index (χ4v) is 2.53. The van der Waals surface area contributed by atoms with Crippen LogP contribution in [0, 0.1) is 0 Å². The van der Waals surface area contributed by atoms with Gasteiger partial charge in [0.2, 0.25) is 0 Å². The summed E-state index contributed by atoms with van der Waals surface area (Å²) in [7, 11) is 3.07. The third-order valence-electron chi connectivity index (χ3n) is 3.51. The molecular weight excluding hydrogens is 272 g/mol. The third kappa shape index (κ3) is 1.72. The number of methoxy groups -OCH3 is 2. The molecule has 0 saturated heterocycles. The summed E-state index contributed by atoms with van der Waals surface area (Å²) in [5.41, 5.74) is 0.912. The summed E-state index contributed by atoms with van der Waals surface area (Å²) in [4.78, 5) is 25.8. The van der Waals surface area contributed by atoms with Gasteiger partial charge in [-0.15, -0.1) is 6.58 Å². The maximum absolute atomic E-state index is 12.4. The number of imide groups is 1. The predicted octanol–water partition coefficient (Wildman–Crippen LogP) is 2.27. The minimum Gasteiger partial charge on any atom is -0.497 e. The molecule has 108 valence electrons. The second kappa shape index (κ2) is 4.66. The molecule has 0 bridgehead atoms. The van der Waals surface area contributed by atoms with Crippen molar-refractivity contribution >= 4 is 22.8 Å². The van der Waals surface area contributed by atoms with Crippen LogP contribution in [0.3, 0.4) is 0 Å². The van der Waals surface area contributed by atoms with Crippen LogP contribution in [0.1, 0.15) is 10.5 Å². The van der Waals surface area contributed by atoms with E-state index in [4.69, 9.17) is 9.47 Å². The number of carbonyl (C=O) groups is 2. The Balaban J connectivity index is 2.27. The highest BCUT2D eigenvalue weighted by atomic mass is 16.5. The normalized spacial score (nSPS) is 13.7. The van der Waals surface area contributed by atoms with Gasteiger partial charge in [-0.05, 0) is 6.07 Å². The Labute approximate surface area is 121 Å². The molecule has 1 aliphatic rings. The van der Waals surface area contributed by atoms with Crippen LogP contribution < -0.4 is 9.47 Å². The summed E-state index contributed by atoms with van der Waals surface area (Å²) in [5, 5.41) is 0.702. The van der Waals surface area contributed by atoms with E-state index in [9.17, 15) is 9.59 Å². The second-order valence-corrected chi connectivity index (χ2v) is 4.61. The maximum atomic E-state index is 12.4. The summed E-state index contributed by atoms with van der Waals surface area (Å²) in [6, 6.07) is 4.70. The third-order valence-corrected chi connectivity index (χ3v) is 3.51. The van der Waals surface area contributed by atoms with E-state index in [-0.39, 0.29) is 18.5 Å². The molecule has 0 aliphatic carbocycles. The fraction of sp³-hybridized carbons (Fsp3) is 0.200. The van der Waals surface area contributed by atoms with Gasteiger partial charge in [-0.2, -0.15) is 0 Å². The SMILES string of the molecule is C=CCN1C(=O)c2cc3c(OC)cc(OC)cc3n2C1=O. The molecule has 2 heterocycles. The first-order valence-corrected chi connectivity index (χ1v) is 6.37. The molecule has 0 radical (unpaired) electrons. The van der Waals surface area contributed by atoms with Crippen molar-refractivity contribution in [2.45, 2.75) is 0 Å². The number of hydrogen-bond acceptors (Lipinski definition) is 4. The molecule has 0 atom stereocenters. The Morgan fingerprint density at radius 3 is 2.57 bits per heavy atom. The van der Waals surface area contributed by atoms with Crippen LogP contribution in [0.2, 0.25) is 0 Å². The number of amides is 2. The molecule has 1 aromatic heterocycles. The zero-order valence-corrected chi connectivity index (χ0v) is 11.8. The van der Waals surface area contributed by atoms with E-state index in [1.54, 1.807) is 18.2 Å². The second-order valence-electron chi connectivity index (χ2n) is 4.61. The van der Waals surface area contributed by atoms with Crippen LogP contribution in [0.15, 0.2) is 30.9 Å². The molecule has 0 fully saturated rings. The standard InChI is InChI=1S/C15H14N2O4/c1-4-5-16-14(18)12-8-10-11(17(12)15(16)19)6-9(20-2)7-13(10)21-3/h4,6-8H,1,5H2,2-3H3. The Morgan fingerprint density at radius 2 is 1.95 bits per heavy atom. The van der Waals surface area contributed by atoms with Gasteiger partial charge in [-0.25, -0.2) is 4.79 Å². The number of carbonyl (C=O) groups excluding carboxylic acids is 2. The van der Waals surface area contributed by atoms with Gasteiger partial charge in [0.1, 0.15) is 17.2 Å². The zero-order valence-electron chi connectivity index (χ0n) is 11.8. The first-order chi connectivity index (χ1) is 10.1. The first kappa shape index (κ1) is 13.2. The first-order valence-electron chi connectivity index (χ1n) is 6.37. The minimum absolute atomic E-state index is 0.182. The lowest BCUT2D eigenvalue weighted by atomic mass is 10.2. The van der Waals surface area contributed by atoms with Crippen LogP contribution >= 0.6 is 0 Å². The van der Waals surface area contributed by atoms with Crippen LogP contribution in [-0.4, -0.2) is 42.2 Å². The molecule has 0 unspecified atom stereocenters. The average molecular weight is 286 g/mol. The van der Waals surface area contributed by atoms with E-state index in [0.717, 1.165) is 4.90 Å². The molecule has 2 amide bonds. The Morgan fingerprint density at radius 1 is 1.19 bits per heavy atom. The number of nitrogens with zero attached hydrogens (tertiary/aromatic N) is 2. The highest BCUT2D eigenvalue weighted by Crippen LogP contribution is 2.36. The number of fused-ring (bicyclic) bond motifs is 3. The fourth-order valence-electron chi connectivity index (χ4n) is 2.53. The van der Waals surface area contributed by atoms with Crippen LogP contribution in [-0.2, 0) is 0 Å². The molecule has 2 aromatic rings. The quantitative estimate of drug-likeness (QED) is 0.809. The summed E-state index contributed by atoms with van der Waals surface area (Å²) < 4.78 is 11.9. The lowest BCUT2D eigenvalue weighted by molar-refractivity contribution is 0.0845. The highest BCUT2D eigenvalue weighted by molar-refractivity contribution is 6.17. The molecule has 0 N–H and O–H groups in total. The van der Waals surface area contributed by atoms with Crippen LogP contribution in [0.25, 0.3) is 10.9 Å². The van der Waals surface area contributed by atoms with Crippen molar-refractivity contribution < 1.29 is 19.1 Å². The van der Waals surface area contributed by atoms with Gasteiger partial charge in [0, 0.05) is 24.1 Å². The summed E-state index contributed by atoms with van der Waals surface area (Å²) in [6.45, 7) is 3.74. The summed E-state index contributed by atoms with van der Waals surface area (Å²) in [6.07, 6.45) is 1.52. The van der Waals surface area contributed by atoms with E-state index in [1.807, 2.05) is 0 Å². The number of aromatic nitrogens is 1. The zero-order chi connectivity index (χ0) is 15.1. The Hall–Kier alpha value is -2.76. The monoisotopic (exact) mass is 286 g/mol. The van der Waals surface area contributed by atoms with E-state index >= 15 is 0 Å². The average Bonchev–Trinajstić information content (AvgIpc) is 2.98. The Kier molecular flexibility index (Phi) is 2.94. The van der Waals surface area contributed by atoms with Gasteiger partial charge in [-0.3, -0.25) is 14.3 Å². The molecule has 6 heteroatoms. The number of ether oxygens (including phenoxy) is 2. The van der Waals surface area contributed by atoms with Crippen molar-refractivity contribution in [3.63, 3.8) is 0 Å². The minimum atomic E-state index is -0.389. The number of benzene rings is 1. The smallest absolute Gasteiger partial charge is 0.336 e. The van der Waals surface area contributed by atoms with Gasteiger partial charge < -0.3 is 9.47 Å². The van der Waals surface area contributed by atoms with Crippen molar-refractivity contribution in [2.24, 2.45) is 0 Å². The number of hydrogen-bond donors (Lipinski definition) is 0. The molecular formula is C15H14N2O4. The maximum Gasteiger partial charge on any atom is 0.336 e. The van der Waals surface area contributed by atoms with Gasteiger partial charge in [0.15, 0.2) is 0 Å². The summed E-state index contributed by atoms with van der Waals surface area (Å²) in [5.74, 6) is 0.780. The largest absolute Gasteiger partial charge is 0.497 e. The van der Waals surface area contributed by atoms with Gasteiger partial charge in [0.25, 0.3) is 5.91 Å². The topological polar surface area (TPSA) is 60.8 Å². The summed E-state index contributed by atoms with van der Waals surface area (Å²) >= 11 is 0. The molecule has 3 rings (SSSR count). The molecule has 6 nitrogen and oxygen atoms in total. The van der Waals surface area contributed by atoms with Crippen molar-refractivity contribution in [1.29, 1.82) is 0 Å². The van der Waals surface area contributed by atoms with Gasteiger partial charge in [0.05, 0.1) is 19.7 Å². The molecule has 0 spiro atoms. The van der Waals surface area contributed by atoms with Crippen molar-refractivity contribution in [3.8, 4) is 11.5 Å². The lowest BCUT2D eigenvalue weighted by Gasteiger charge is -2.11. The molecule has 1 aromatic carbocycles. The van der Waals surface area contributed by atoms with Crippen LogP contribution in [0.5, 0.6) is 11.5 Å². The highest BCUT2D eigenvalue weighted by Gasteiger charge is 2.37. The van der Waals surface area contributed by atoms with E-state index in [2.05, 4.69) is 6.58 Å². The molecule has 0 saturated carbocycles. The lowest BCUT2D eigenvalue weighted by Crippen LogP contribution is -2.31. The predicted molar refractivity (Wildman–Crippen MR) is 77.1 cm³/mol. The number of rotatable bonds is 4. The Bertz CT molecular complexity index is 776. The van der Waals surface area contributed by atoms with Crippen molar-refractivity contribution in [3.05, 3.63) is 36.5 Å². The van der Waals surface area contributed by atoms with E-state index < -0.39 is 0 Å². The van der Waals surface area contributed by atoms with Gasteiger partial charge >= 0.3 is 6.03 Å².